The second-order valence-corrected chi connectivity index (χ2v) is 7.60. The Morgan fingerprint density at radius 3 is 2.64 bits per heavy atom. The minimum Gasteiger partial charge on any atom is -0.481 e. The maximum atomic E-state index is 11.8. The second-order valence-electron chi connectivity index (χ2n) is 7.60. The molecule has 0 radical (unpaired) electrons. The van der Waals surface area contributed by atoms with Gasteiger partial charge < -0.3 is 15.7 Å². The number of carbonyl (C=O) groups is 2. The molecule has 0 aromatic heterocycles. The summed E-state index contributed by atoms with van der Waals surface area (Å²) in [5.41, 5.74) is 0.348. The van der Waals surface area contributed by atoms with E-state index in [0.29, 0.717) is 6.42 Å². The number of aliphatic hydroxyl groups excluding tert-OH is 1. The standard InChI is InChI=1S/C17H24O4.H2O/c1-16-6-3-7-17(2,15(20)21)14(16)5-4-10-8-12(18)13(19)9-11(10)16;/h8,11,13-14,19H,3-7,9H2,1-2H3,(H,20,21);1H2/t11-,13+,14+,16+,17+;/m0./s1. The van der Waals surface area contributed by atoms with Crippen LogP contribution in [-0.2, 0) is 9.59 Å². The molecule has 0 unspecified atom stereocenters. The van der Waals surface area contributed by atoms with Gasteiger partial charge in [0.25, 0.3) is 0 Å². The van der Waals surface area contributed by atoms with Crippen LogP contribution in [0.5, 0.6) is 0 Å². The number of carboxylic acid groups (broad SMARTS) is 1. The summed E-state index contributed by atoms with van der Waals surface area (Å²) in [6, 6.07) is 0. The first-order valence-electron chi connectivity index (χ1n) is 7.95. The third-order valence-electron chi connectivity index (χ3n) is 6.55. The summed E-state index contributed by atoms with van der Waals surface area (Å²) >= 11 is 0. The zero-order valence-electron chi connectivity index (χ0n) is 13.3. The van der Waals surface area contributed by atoms with Gasteiger partial charge in [0.05, 0.1) is 5.41 Å². The smallest absolute Gasteiger partial charge is 0.309 e. The van der Waals surface area contributed by atoms with Gasteiger partial charge in [0.15, 0.2) is 5.78 Å². The van der Waals surface area contributed by atoms with Crippen LogP contribution < -0.4 is 0 Å². The van der Waals surface area contributed by atoms with Gasteiger partial charge in [-0.25, -0.2) is 0 Å². The zero-order valence-corrected chi connectivity index (χ0v) is 13.3. The number of hydrogen-bond acceptors (Lipinski definition) is 3. The number of hydrogen-bond donors (Lipinski definition) is 2. The summed E-state index contributed by atoms with van der Waals surface area (Å²) in [7, 11) is 0. The quantitative estimate of drug-likeness (QED) is 0.769. The van der Waals surface area contributed by atoms with Gasteiger partial charge in [-0.3, -0.25) is 9.59 Å². The van der Waals surface area contributed by atoms with Crippen LogP contribution in [0.25, 0.3) is 0 Å². The van der Waals surface area contributed by atoms with Crippen molar-refractivity contribution in [3.63, 3.8) is 0 Å². The van der Waals surface area contributed by atoms with Crippen LogP contribution in [0.2, 0.25) is 0 Å². The van der Waals surface area contributed by atoms with E-state index in [9.17, 15) is 19.8 Å². The highest BCUT2D eigenvalue weighted by molar-refractivity contribution is 5.95. The molecule has 22 heavy (non-hydrogen) atoms. The van der Waals surface area contributed by atoms with Crippen LogP contribution in [0, 0.1) is 22.7 Å². The summed E-state index contributed by atoms with van der Waals surface area (Å²) in [5.74, 6) is -0.597. The van der Waals surface area contributed by atoms with Gasteiger partial charge >= 0.3 is 5.97 Å². The molecule has 3 aliphatic rings. The van der Waals surface area contributed by atoms with Crippen LogP contribution >= 0.6 is 0 Å². The maximum absolute atomic E-state index is 11.8. The fourth-order valence-electron chi connectivity index (χ4n) is 5.35. The molecule has 5 nitrogen and oxygen atoms in total. The molecule has 5 heteroatoms. The largest absolute Gasteiger partial charge is 0.481 e. The van der Waals surface area contributed by atoms with Crippen molar-refractivity contribution < 1.29 is 25.3 Å². The van der Waals surface area contributed by atoms with Crippen molar-refractivity contribution in [2.75, 3.05) is 0 Å². The molecule has 0 heterocycles. The van der Waals surface area contributed by atoms with E-state index < -0.39 is 17.5 Å². The first-order chi connectivity index (χ1) is 9.79. The summed E-state index contributed by atoms with van der Waals surface area (Å²) in [4.78, 5) is 23.6. The summed E-state index contributed by atoms with van der Waals surface area (Å²) in [6.45, 7) is 4.06. The third-order valence-corrected chi connectivity index (χ3v) is 6.55. The summed E-state index contributed by atoms with van der Waals surface area (Å²) in [6.07, 6.45) is 5.45. The van der Waals surface area contributed by atoms with Crippen LogP contribution in [0.15, 0.2) is 11.6 Å². The predicted octanol–water partition coefficient (Wildman–Crippen LogP) is 1.73. The Morgan fingerprint density at radius 1 is 1.32 bits per heavy atom. The van der Waals surface area contributed by atoms with E-state index in [2.05, 4.69) is 6.92 Å². The molecule has 0 spiro atoms. The van der Waals surface area contributed by atoms with Crippen LogP contribution in [0.3, 0.4) is 0 Å². The van der Waals surface area contributed by atoms with Gasteiger partial charge in [-0.2, -0.15) is 0 Å². The fourth-order valence-corrected chi connectivity index (χ4v) is 5.35. The Morgan fingerprint density at radius 2 is 2.00 bits per heavy atom. The monoisotopic (exact) mass is 310 g/mol. The van der Waals surface area contributed by atoms with E-state index in [1.54, 1.807) is 6.08 Å². The normalized spacial score (nSPS) is 44.2. The number of allylic oxidation sites excluding steroid dienone is 1. The van der Waals surface area contributed by atoms with Crippen molar-refractivity contribution in [2.45, 2.75) is 58.5 Å². The summed E-state index contributed by atoms with van der Waals surface area (Å²) < 4.78 is 0. The highest BCUT2D eigenvalue weighted by Crippen LogP contribution is 2.62. The van der Waals surface area contributed by atoms with Crippen molar-refractivity contribution in [3.8, 4) is 0 Å². The molecule has 3 rings (SSSR count). The molecule has 124 valence electrons. The number of aliphatic carboxylic acids is 1. The van der Waals surface area contributed by atoms with Gasteiger partial charge in [0.2, 0.25) is 0 Å². The van der Waals surface area contributed by atoms with Gasteiger partial charge in [-0.15, -0.1) is 0 Å². The Labute approximate surface area is 130 Å². The number of carbonyl (C=O) groups excluding carboxylic acids is 1. The third kappa shape index (κ3) is 2.22. The molecule has 0 aromatic rings. The van der Waals surface area contributed by atoms with Crippen molar-refractivity contribution >= 4 is 11.8 Å². The minimum absolute atomic E-state index is 0. The van der Waals surface area contributed by atoms with E-state index in [1.807, 2.05) is 6.92 Å². The van der Waals surface area contributed by atoms with E-state index in [0.717, 1.165) is 37.7 Å². The minimum atomic E-state index is -0.910. The molecular formula is C17H26O5. The molecule has 4 N–H and O–H groups in total. The van der Waals surface area contributed by atoms with Crippen molar-refractivity contribution in [1.82, 2.24) is 0 Å². The summed E-state index contributed by atoms with van der Waals surface area (Å²) in [5, 5.41) is 19.7. The first-order valence-corrected chi connectivity index (χ1v) is 7.95. The number of ketones is 1. The molecule has 0 aliphatic heterocycles. The zero-order chi connectivity index (χ0) is 15.4. The second kappa shape index (κ2) is 5.46. The fraction of sp³-hybridized carbons (Fsp3) is 0.765. The molecule has 0 amide bonds. The Balaban J connectivity index is 0.00000176. The average Bonchev–Trinajstić information content (AvgIpc) is 2.40. The molecule has 0 saturated heterocycles. The predicted molar refractivity (Wildman–Crippen MR) is 81.2 cm³/mol. The van der Waals surface area contributed by atoms with Gasteiger partial charge in [0, 0.05) is 0 Å². The average molecular weight is 310 g/mol. The molecule has 0 aromatic carbocycles. The lowest BCUT2D eigenvalue weighted by atomic mass is 9.46. The number of fused-ring (bicyclic) bond motifs is 3. The van der Waals surface area contributed by atoms with E-state index in [-0.39, 0.29) is 28.5 Å². The lowest BCUT2D eigenvalue weighted by Gasteiger charge is -2.58. The van der Waals surface area contributed by atoms with Gasteiger partial charge in [-0.05, 0) is 62.4 Å². The highest BCUT2D eigenvalue weighted by atomic mass is 16.4. The molecule has 0 bridgehead atoms. The van der Waals surface area contributed by atoms with E-state index in [4.69, 9.17) is 0 Å². The molecule has 2 saturated carbocycles. The number of aliphatic hydroxyl groups is 1. The lowest BCUT2D eigenvalue weighted by molar-refractivity contribution is -0.165. The lowest BCUT2D eigenvalue weighted by Crippen LogP contribution is -2.55. The first kappa shape index (κ1) is 17.2. The Bertz CT molecular complexity index is 525. The van der Waals surface area contributed by atoms with Gasteiger partial charge in [0.1, 0.15) is 6.10 Å². The van der Waals surface area contributed by atoms with Crippen molar-refractivity contribution in [3.05, 3.63) is 11.6 Å². The molecular weight excluding hydrogens is 284 g/mol. The Hall–Kier alpha value is -1.20. The number of rotatable bonds is 1. The highest BCUT2D eigenvalue weighted by Gasteiger charge is 2.58. The molecule has 5 atom stereocenters. The van der Waals surface area contributed by atoms with Crippen LogP contribution in [-0.4, -0.2) is 33.5 Å². The molecule has 3 aliphatic carbocycles. The van der Waals surface area contributed by atoms with Crippen molar-refractivity contribution in [1.29, 1.82) is 0 Å². The van der Waals surface area contributed by atoms with E-state index >= 15 is 0 Å². The topological polar surface area (TPSA) is 106 Å². The van der Waals surface area contributed by atoms with Crippen LogP contribution in [0.1, 0.15) is 52.4 Å². The van der Waals surface area contributed by atoms with Gasteiger partial charge in [-0.1, -0.05) is 18.9 Å². The van der Waals surface area contributed by atoms with E-state index in [1.165, 1.54) is 0 Å². The Kier molecular flexibility index (Phi) is 4.26. The number of carboxylic acids is 1. The van der Waals surface area contributed by atoms with Crippen molar-refractivity contribution in [2.24, 2.45) is 22.7 Å². The van der Waals surface area contributed by atoms with Crippen LogP contribution in [0.4, 0.5) is 0 Å². The maximum Gasteiger partial charge on any atom is 0.309 e. The SMILES string of the molecule is C[C@]12CCC[C@@](C)(C(=O)O)[C@@H]1CCC1=CC(=O)[C@H](O)C[C@@H]12.O. The molecule has 2 fully saturated rings.